The Bertz CT molecular complexity index is 747. The Morgan fingerprint density at radius 3 is 2.78 bits per heavy atom. The predicted octanol–water partition coefficient (Wildman–Crippen LogP) is 1.02. The number of carbonyl (C=O) groups is 2. The van der Waals surface area contributed by atoms with Gasteiger partial charge in [-0.15, -0.1) is 0 Å². The largest absolute Gasteiger partial charge is 0.419 e. The molecule has 0 radical (unpaired) electrons. The summed E-state index contributed by atoms with van der Waals surface area (Å²) in [5.41, 5.74) is 1.25. The van der Waals surface area contributed by atoms with Crippen molar-refractivity contribution in [2.45, 2.75) is 39.3 Å². The number of rotatable bonds is 7. The van der Waals surface area contributed by atoms with Crippen LogP contribution in [0.2, 0.25) is 0 Å². The van der Waals surface area contributed by atoms with Crippen LogP contribution in [-0.2, 0) is 16.1 Å². The molecule has 0 unspecified atom stereocenters. The second-order valence-electron chi connectivity index (χ2n) is 5.27. The van der Waals surface area contributed by atoms with E-state index >= 15 is 0 Å². The Balaban J connectivity index is 1.87. The van der Waals surface area contributed by atoms with Crippen molar-refractivity contribution >= 4 is 22.9 Å². The number of oxazole rings is 1. The summed E-state index contributed by atoms with van der Waals surface area (Å²) in [6.45, 7) is 4.37. The third-order valence-corrected chi connectivity index (χ3v) is 3.48. The summed E-state index contributed by atoms with van der Waals surface area (Å²) >= 11 is 0. The number of hydrogen-bond donors (Lipinski definition) is 2. The van der Waals surface area contributed by atoms with Crippen molar-refractivity contribution in [2.75, 3.05) is 6.54 Å². The van der Waals surface area contributed by atoms with Crippen LogP contribution in [0.5, 0.6) is 0 Å². The van der Waals surface area contributed by atoms with Crippen LogP contribution in [0.3, 0.4) is 0 Å². The first kappa shape index (κ1) is 16.8. The lowest BCUT2D eigenvalue weighted by atomic mass is 10.2. The quantitative estimate of drug-likeness (QED) is 0.796. The van der Waals surface area contributed by atoms with Gasteiger partial charge in [0, 0.05) is 19.5 Å². The molecule has 2 aromatic rings. The van der Waals surface area contributed by atoms with E-state index < -0.39 is 11.8 Å². The van der Waals surface area contributed by atoms with Crippen molar-refractivity contribution in [3.05, 3.63) is 34.8 Å². The summed E-state index contributed by atoms with van der Waals surface area (Å²) in [5, 5.41) is 5.28. The number of likely N-dealkylation sites (N-methyl/N-ethyl adjacent to an activating group) is 1. The zero-order chi connectivity index (χ0) is 16.8. The zero-order valence-corrected chi connectivity index (χ0v) is 13.3. The number of para-hydroxylation sites is 2. The summed E-state index contributed by atoms with van der Waals surface area (Å²) in [4.78, 5) is 35.2. The smallest absolute Gasteiger partial charge is 0.408 e. The molecule has 1 heterocycles. The number of nitrogens with one attached hydrogen (secondary N) is 2. The molecule has 0 saturated heterocycles. The molecular formula is C16H21N3O4. The Kier molecular flexibility index (Phi) is 5.56. The predicted molar refractivity (Wildman–Crippen MR) is 86.0 cm³/mol. The SMILES string of the molecule is CCNC(=O)[C@H](C)NC(=O)CCCn1c(=O)oc2ccccc21. The van der Waals surface area contributed by atoms with Crippen LogP contribution in [-0.4, -0.2) is 29.0 Å². The zero-order valence-electron chi connectivity index (χ0n) is 13.3. The van der Waals surface area contributed by atoms with Gasteiger partial charge in [0.2, 0.25) is 11.8 Å². The van der Waals surface area contributed by atoms with Crippen molar-refractivity contribution in [1.82, 2.24) is 15.2 Å². The standard InChI is InChI=1S/C16H21N3O4/c1-3-17-15(21)11(2)18-14(20)9-6-10-19-12-7-4-5-8-13(12)23-16(19)22/h4-5,7-8,11H,3,6,9-10H2,1-2H3,(H,17,21)(H,18,20)/t11-/m0/s1. The van der Waals surface area contributed by atoms with Gasteiger partial charge in [-0.3, -0.25) is 14.2 Å². The third-order valence-electron chi connectivity index (χ3n) is 3.48. The van der Waals surface area contributed by atoms with Crippen LogP contribution in [0.15, 0.2) is 33.5 Å². The molecule has 0 aliphatic heterocycles. The number of hydrogen-bond acceptors (Lipinski definition) is 4. The molecule has 0 bridgehead atoms. The normalized spacial score (nSPS) is 12.1. The summed E-state index contributed by atoms with van der Waals surface area (Å²) in [6, 6.07) is 6.59. The first-order valence-electron chi connectivity index (χ1n) is 7.68. The van der Waals surface area contributed by atoms with Crippen LogP contribution >= 0.6 is 0 Å². The molecule has 7 nitrogen and oxygen atoms in total. The first-order chi connectivity index (χ1) is 11.0. The van der Waals surface area contributed by atoms with Crippen molar-refractivity contribution in [3.8, 4) is 0 Å². The lowest BCUT2D eigenvalue weighted by molar-refractivity contribution is -0.128. The van der Waals surface area contributed by atoms with Gasteiger partial charge in [0.1, 0.15) is 6.04 Å². The maximum Gasteiger partial charge on any atom is 0.419 e. The van der Waals surface area contributed by atoms with Crippen molar-refractivity contribution in [2.24, 2.45) is 0 Å². The van der Waals surface area contributed by atoms with E-state index in [1.165, 1.54) is 4.57 Å². The minimum atomic E-state index is -0.570. The van der Waals surface area contributed by atoms with Gasteiger partial charge in [-0.05, 0) is 32.4 Å². The summed E-state index contributed by atoms with van der Waals surface area (Å²) in [6.07, 6.45) is 0.715. The van der Waals surface area contributed by atoms with Crippen molar-refractivity contribution < 1.29 is 14.0 Å². The van der Waals surface area contributed by atoms with Crippen LogP contribution in [0.25, 0.3) is 11.1 Å². The van der Waals surface area contributed by atoms with E-state index in [4.69, 9.17) is 4.42 Å². The minimum Gasteiger partial charge on any atom is -0.408 e. The topological polar surface area (TPSA) is 93.3 Å². The molecule has 0 saturated carbocycles. The van der Waals surface area contributed by atoms with Crippen molar-refractivity contribution in [1.29, 1.82) is 0 Å². The second kappa shape index (κ2) is 7.62. The molecule has 2 rings (SSSR count). The summed E-state index contributed by atoms with van der Waals surface area (Å²) in [5.74, 6) is -0.857. The highest BCUT2D eigenvalue weighted by molar-refractivity contribution is 5.87. The third kappa shape index (κ3) is 4.21. The van der Waals surface area contributed by atoms with E-state index in [1.807, 2.05) is 13.0 Å². The number of amides is 2. The highest BCUT2D eigenvalue weighted by atomic mass is 16.4. The van der Waals surface area contributed by atoms with Gasteiger partial charge in [0.15, 0.2) is 5.58 Å². The van der Waals surface area contributed by atoms with E-state index in [0.717, 1.165) is 0 Å². The average Bonchev–Trinajstić information content (AvgIpc) is 2.83. The molecule has 1 aromatic carbocycles. The minimum absolute atomic E-state index is 0.210. The highest BCUT2D eigenvalue weighted by Crippen LogP contribution is 2.12. The van der Waals surface area contributed by atoms with E-state index in [-0.39, 0.29) is 18.2 Å². The van der Waals surface area contributed by atoms with Crippen LogP contribution in [0.1, 0.15) is 26.7 Å². The number of nitrogens with zero attached hydrogens (tertiary/aromatic N) is 1. The number of fused-ring (bicyclic) bond motifs is 1. The molecule has 1 aromatic heterocycles. The van der Waals surface area contributed by atoms with Crippen LogP contribution in [0.4, 0.5) is 0 Å². The van der Waals surface area contributed by atoms with Gasteiger partial charge >= 0.3 is 5.76 Å². The first-order valence-corrected chi connectivity index (χ1v) is 7.68. The molecule has 0 fully saturated rings. The fraction of sp³-hybridized carbons (Fsp3) is 0.438. The number of aryl methyl sites for hydroxylation is 1. The second-order valence-corrected chi connectivity index (χ2v) is 5.27. The van der Waals surface area contributed by atoms with Gasteiger partial charge in [0.05, 0.1) is 5.52 Å². The molecule has 2 amide bonds. The Hall–Kier alpha value is -2.57. The average molecular weight is 319 g/mol. The lowest BCUT2D eigenvalue weighted by Gasteiger charge is -2.13. The van der Waals surface area contributed by atoms with Gasteiger partial charge in [-0.1, -0.05) is 12.1 Å². The molecule has 1 atom stereocenters. The van der Waals surface area contributed by atoms with Gasteiger partial charge in [-0.25, -0.2) is 4.79 Å². The molecular weight excluding hydrogens is 298 g/mol. The molecule has 0 aliphatic carbocycles. The Labute approximate surface area is 133 Å². The molecule has 7 heteroatoms. The van der Waals surface area contributed by atoms with Crippen LogP contribution in [0, 0.1) is 0 Å². The van der Waals surface area contributed by atoms with E-state index in [9.17, 15) is 14.4 Å². The fourth-order valence-electron chi connectivity index (χ4n) is 2.33. The summed E-state index contributed by atoms with van der Waals surface area (Å²) in [7, 11) is 0. The fourth-order valence-corrected chi connectivity index (χ4v) is 2.33. The molecule has 23 heavy (non-hydrogen) atoms. The summed E-state index contributed by atoms with van der Waals surface area (Å²) < 4.78 is 6.64. The van der Waals surface area contributed by atoms with E-state index in [1.54, 1.807) is 25.1 Å². The van der Waals surface area contributed by atoms with Crippen molar-refractivity contribution in [3.63, 3.8) is 0 Å². The van der Waals surface area contributed by atoms with Crippen LogP contribution < -0.4 is 16.4 Å². The Morgan fingerprint density at radius 1 is 1.30 bits per heavy atom. The van der Waals surface area contributed by atoms with Gasteiger partial charge in [0.25, 0.3) is 0 Å². The van der Waals surface area contributed by atoms with Gasteiger partial charge < -0.3 is 15.1 Å². The molecule has 124 valence electrons. The molecule has 0 aliphatic rings. The van der Waals surface area contributed by atoms with E-state index in [0.29, 0.717) is 30.6 Å². The number of carbonyl (C=O) groups excluding carboxylic acids is 2. The Morgan fingerprint density at radius 2 is 2.04 bits per heavy atom. The number of aromatic nitrogens is 1. The van der Waals surface area contributed by atoms with E-state index in [2.05, 4.69) is 10.6 Å². The maximum atomic E-state index is 11.8. The monoisotopic (exact) mass is 319 g/mol. The lowest BCUT2D eigenvalue weighted by Crippen LogP contribution is -2.44. The van der Waals surface area contributed by atoms with Gasteiger partial charge in [-0.2, -0.15) is 0 Å². The number of benzene rings is 1. The molecule has 2 N–H and O–H groups in total. The molecule has 0 spiro atoms. The maximum absolute atomic E-state index is 11.8. The highest BCUT2D eigenvalue weighted by Gasteiger charge is 2.14.